The second-order valence-corrected chi connectivity index (χ2v) is 5.61. The van der Waals surface area contributed by atoms with Gasteiger partial charge in [-0.3, -0.25) is 9.59 Å². The third-order valence-corrected chi connectivity index (χ3v) is 3.90. The molecule has 3 aromatic rings. The van der Waals surface area contributed by atoms with Crippen molar-refractivity contribution in [1.29, 1.82) is 0 Å². The Morgan fingerprint density at radius 2 is 2.04 bits per heavy atom. The van der Waals surface area contributed by atoms with Crippen LogP contribution in [0.25, 0.3) is 22.7 Å². The lowest BCUT2D eigenvalue weighted by Crippen LogP contribution is -2.30. The Labute approximate surface area is 144 Å². The zero-order chi connectivity index (χ0) is 18.1. The minimum atomic E-state index is -1.12. The molecule has 0 unspecified atom stereocenters. The molecule has 0 aliphatic rings. The molecule has 0 fully saturated rings. The van der Waals surface area contributed by atoms with Gasteiger partial charge < -0.3 is 10.2 Å². The summed E-state index contributed by atoms with van der Waals surface area (Å²) in [6.07, 6.45) is 0.558. The zero-order valence-electron chi connectivity index (χ0n) is 12.6. The molecule has 0 aliphatic heterocycles. The van der Waals surface area contributed by atoms with Crippen LogP contribution in [0.1, 0.15) is 12.8 Å². The number of hydrogen-bond acceptors (Lipinski definition) is 5. The smallest absolute Gasteiger partial charge is 0.303 e. The minimum Gasteiger partial charge on any atom is -0.511 e. The number of aliphatic hydroxyl groups is 1. The van der Waals surface area contributed by atoms with Crippen molar-refractivity contribution in [3.8, 4) is 11.3 Å². The second-order valence-electron chi connectivity index (χ2n) is 5.21. The first kappa shape index (κ1) is 16.8. The summed E-state index contributed by atoms with van der Waals surface area (Å²) >= 11 is 5.78. The fourth-order valence-electron chi connectivity index (χ4n) is 2.47. The lowest BCUT2D eigenvalue weighted by Gasteiger charge is -2.07. The fourth-order valence-corrected chi connectivity index (χ4v) is 2.65. The van der Waals surface area contributed by atoms with Crippen LogP contribution < -0.4 is 10.6 Å². The average Bonchev–Trinajstić information content (AvgIpc) is 3.04. The summed E-state index contributed by atoms with van der Waals surface area (Å²) in [5.74, 6) is -2.25. The number of fused-ring (bicyclic) bond motifs is 1. The van der Waals surface area contributed by atoms with E-state index in [-0.39, 0.29) is 40.0 Å². The van der Waals surface area contributed by atoms with Crippen LogP contribution in [0.3, 0.4) is 0 Å². The van der Waals surface area contributed by atoms with Gasteiger partial charge >= 0.3 is 5.97 Å². The van der Waals surface area contributed by atoms with Gasteiger partial charge in [0.25, 0.3) is 0 Å². The maximum Gasteiger partial charge on any atom is 0.303 e. The third-order valence-electron chi connectivity index (χ3n) is 3.61. The molecule has 0 bridgehead atoms. The van der Waals surface area contributed by atoms with E-state index in [1.807, 2.05) is 0 Å². The molecule has 0 amide bonds. The number of halogens is 2. The Morgan fingerprint density at radius 1 is 1.28 bits per heavy atom. The molecule has 0 radical (unpaired) electrons. The highest BCUT2D eigenvalue weighted by molar-refractivity contribution is 6.31. The van der Waals surface area contributed by atoms with E-state index in [4.69, 9.17) is 16.7 Å². The number of rotatable bonds is 4. The number of carbonyl (C=O) groups is 1. The van der Waals surface area contributed by atoms with Gasteiger partial charge in [0.15, 0.2) is 16.9 Å². The Bertz CT molecular complexity index is 1100. The van der Waals surface area contributed by atoms with Crippen LogP contribution >= 0.6 is 11.6 Å². The normalized spacial score (nSPS) is 12.4. The van der Waals surface area contributed by atoms with E-state index in [2.05, 4.69) is 10.1 Å². The predicted molar refractivity (Wildman–Crippen MR) is 87.8 cm³/mol. The van der Waals surface area contributed by atoms with Crippen molar-refractivity contribution in [2.45, 2.75) is 12.8 Å². The molecule has 25 heavy (non-hydrogen) atoms. The summed E-state index contributed by atoms with van der Waals surface area (Å²) in [6, 6.07) is 5.43. The van der Waals surface area contributed by atoms with E-state index >= 15 is 0 Å². The molecule has 1 aromatic carbocycles. The first-order chi connectivity index (χ1) is 11.9. The molecule has 2 N–H and O–H groups in total. The van der Waals surface area contributed by atoms with Crippen molar-refractivity contribution in [3.05, 3.63) is 56.9 Å². The van der Waals surface area contributed by atoms with Crippen LogP contribution in [0.2, 0.25) is 5.02 Å². The lowest BCUT2D eigenvalue weighted by atomic mass is 10.1. The van der Waals surface area contributed by atoms with Crippen LogP contribution in [-0.4, -0.2) is 30.8 Å². The number of hydrogen-bond donors (Lipinski definition) is 2. The van der Waals surface area contributed by atoms with Crippen molar-refractivity contribution in [2.24, 2.45) is 0 Å². The second kappa shape index (κ2) is 6.48. The maximum absolute atomic E-state index is 14.3. The molecule has 2 heterocycles. The summed E-state index contributed by atoms with van der Waals surface area (Å²) in [4.78, 5) is 27.0. The van der Waals surface area contributed by atoms with E-state index in [9.17, 15) is 19.1 Å². The fraction of sp³-hybridized carbons (Fsp3) is 0.125. The van der Waals surface area contributed by atoms with Crippen molar-refractivity contribution >= 4 is 29.0 Å². The molecule has 7 nitrogen and oxygen atoms in total. The van der Waals surface area contributed by atoms with Crippen LogP contribution in [-0.2, 0) is 4.79 Å². The van der Waals surface area contributed by atoms with E-state index in [1.54, 1.807) is 0 Å². The molecule has 128 valence electrons. The monoisotopic (exact) mass is 363 g/mol. The Balaban J connectivity index is 2.30. The van der Waals surface area contributed by atoms with E-state index in [0.717, 1.165) is 12.4 Å². The van der Waals surface area contributed by atoms with Gasteiger partial charge in [-0.2, -0.15) is 5.10 Å². The molecular formula is C16H11ClFN3O4. The summed E-state index contributed by atoms with van der Waals surface area (Å²) < 4.78 is 15.5. The topological polar surface area (TPSA) is 105 Å². The molecule has 0 atom stereocenters. The van der Waals surface area contributed by atoms with Gasteiger partial charge in [-0.15, -0.1) is 0 Å². The maximum atomic E-state index is 14.3. The molecular weight excluding hydrogens is 353 g/mol. The minimum absolute atomic E-state index is 0.00441. The highest BCUT2D eigenvalue weighted by Gasteiger charge is 2.17. The largest absolute Gasteiger partial charge is 0.511 e. The van der Waals surface area contributed by atoms with E-state index in [0.29, 0.717) is 0 Å². The molecule has 0 saturated carbocycles. The van der Waals surface area contributed by atoms with Crippen LogP contribution in [0.4, 0.5) is 4.39 Å². The van der Waals surface area contributed by atoms with Gasteiger partial charge in [0.1, 0.15) is 17.3 Å². The first-order valence-electron chi connectivity index (χ1n) is 7.15. The number of carboxylic acid groups (broad SMARTS) is 1. The SMILES string of the molecule is O=C(O)CCC(O)=c1c(=O)cc(-c2cccc(Cl)c2F)n2ncnc12. The first-order valence-corrected chi connectivity index (χ1v) is 7.53. The van der Waals surface area contributed by atoms with Gasteiger partial charge in [0.05, 0.1) is 17.1 Å². The number of aliphatic hydroxyl groups excluding tert-OH is 1. The van der Waals surface area contributed by atoms with Crippen molar-refractivity contribution in [1.82, 2.24) is 14.6 Å². The number of aliphatic carboxylic acids is 1. The van der Waals surface area contributed by atoms with Gasteiger partial charge in [-0.25, -0.2) is 13.9 Å². The molecule has 2 aromatic heterocycles. The quantitative estimate of drug-likeness (QED) is 0.732. The Morgan fingerprint density at radius 3 is 2.76 bits per heavy atom. The summed E-state index contributed by atoms with van der Waals surface area (Å²) in [7, 11) is 0. The van der Waals surface area contributed by atoms with Gasteiger partial charge in [0, 0.05) is 18.1 Å². The van der Waals surface area contributed by atoms with Crippen LogP contribution in [0.5, 0.6) is 0 Å². The average molecular weight is 364 g/mol. The highest BCUT2D eigenvalue weighted by atomic mass is 35.5. The van der Waals surface area contributed by atoms with Crippen molar-refractivity contribution < 1.29 is 19.4 Å². The zero-order valence-corrected chi connectivity index (χ0v) is 13.4. The number of pyridine rings is 1. The van der Waals surface area contributed by atoms with Crippen molar-refractivity contribution in [3.63, 3.8) is 0 Å². The Hall–Kier alpha value is -3.00. The van der Waals surface area contributed by atoms with Crippen molar-refractivity contribution in [2.75, 3.05) is 0 Å². The summed E-state index contributed by atoms with van der Waals surface area (Å²) in [6.45, 7) is 0. The van der Waals surface area contributed by atoms with Gasteiger partial charge in [0.2, 0.25) is 0 Å². The third kappa shape index (κ3) is 3.03. The number of nitrogens with zero attached hydrogens (tertiary/aromatic N) is 3. The van der Waals surface area contributed by atoms with E-state index < -0.39 is 23.0 Å². The van der Waals surface area contributed by atoms with Gasteiger partial charge in [-0.05, 0) is 12.1 Å². The Kier molecular flexibility index (Phi) is 4.37. The number of carboxylic acids is 1. The van der Waals surface area contributed by atoms with Crippen LogP contribution in [0, 0.1) is 5.82 Å². The summed E-state index contributed by atoms with van der Waals surface area (Å²) in [5.41, 5.74) is -0.452. The van der Waals surface area contributed by atoms with Crippen LogP contribution in [0.15, 0.2) is 35.4 Å². The lowest BCUT2D eigenvalue weighted by molar-refractivity contribution is -0.136. The predicted octanol–water partition coefficient (Wildman–Crippen LogP) is 1.80. The van der Waals surface area contributed by atoms with Gasteiger partial charge in [-0.1, -0.05) is 17.7 Å². The summed E-state index contributed by atoms with van der Waals surface area (Å²) in [5, 5.41) is 22.5. The number of aromatic nitrogens is 3. The van der Waals surface area contributed by atoms with E-state index in [1.165, 1.54) is 22.7 Å². The molecule has 9 heteroatoms. The molecule has 0 saturated heterocycles. The molecule has 0 spiro atoms. The standard InChI is InChI=1S/C16H11ClFN3O4/c17-9-3-1-2-8(15(9)18)10-6-12(23)14(11(22)4-5-13(24)25)16-19-7-20-21(10)16/h1-3,6-7,22H,4-5H2,(H,24,25). The molecule has 0 aliphatic carbocycles. The highest BCUT2D eigenvalue weighted by Crippen LogP contribution is 2.26. The number of benzene rings is 1. The molecule has 3 rings (SSSR count).